The number of likely N-dealkylation sites (N-methyl/N-ethyl adjacent to an activating group) is 1. The molecule has 19 heavy (non-hydrogen) atoms. The van der Waals surface area contributed by atoms with Crippen molar-refractivity contribution in [1.29, 1.82) is 0 Å². The van der Waals surface area contributed by atoms with Gasteiger partial charge < -0.3 is 10.6 Å². The molecule has 1 aromatic rings. The van der Waals surface area contributed by atoms with E-state index in [1.165, 1.54) is 0 Å². The Balaban J connectivity index is 2.53. The molecule has 2 N–H and O–H groups in total. The van der Waals surface area contributed by atoms with Gasteiger partial charge in [0.15, 0.2) is 0 Å². The molecule has 0 spiro atoms. The van der Waals surface area contributed by atoms with Gasteiger partial charge in [-0.1, -0.05) is 24.3 Å². The molecule has 0 fully saturated rings. The zero-order valence-electron chi connectivity index (χ0n) is 10.7. The summed E-state index contributed by atoms with van der Waals surface area (Å²) >= 11 is 0. The van der Waals surface area contributed by atoms with Gasteiger partial charge in [-0.15, -0.1) is 0 Å². The average Bonchev–Trinajstić information content (AvgIpc) is 2.37. The predicted octanol–water partition coefficient (Wildman–Crippen LogP) is 2.44. The number of hydrogen-bond donors (Lipinski definition) is 2. The van der Waals surface area contributed by atoms with Crippen LogP contribution in [0.1, 0.15) is 11.1 Å². The molecule has 0 bridgehead atoms. The molecule has 0 heterocycles. The minimum atomic E-state index is -3.99. The summed E-state index contributed by atoms with van der Waals surface area (Å²) in [5.41, 5.74) is 1.87. The fraction of sp³-hybridized carbons (Fsp3) is 0.538. The normalized spacial score (nSPS) is 12.1. The van der Waals surface area contributed by atoms with Crippen molar-refractivity contribution in [3.63, 3.8) is 0 Å². The molecule has 0 unspecified atom stereocenters. The van der Waals surface area contributed by atoms with E-state index in [4.69, 9.17) is 0 Å². The molecule has 0 aliphatic heterocycles. The van der Waals surface area contributed by atoms with E-state index >= 15 is 0 Å². The quantitative estimate of drug-likeness (QED) is 0.714. The fourth-order valence-corrected chi connectivity index (χ4v) is 1.67. The van der Waals surface area contributed by atoms with E-state index in [1.807, 2.05) is 19.2 Å². The van der Waals surface area contributed by atoms with Crippen molar-refractivity contribution in [2.75, 3.05) is 20.1 Å². The smallest absolute Gasteiger partial charge is 0.319 e. The first kappa shape index (κ1) is 15.9. The first-order valence-electron chi connectivity index (χ1n) is 6.05. The molecule has 1 aromatic carbocycles. The van der Waals surface area contributed by atoms with Crippen LogP contribution in [-0.4, -0.2) is 32.5 Å². The van der Waals surface area contributed by atoms with Gasteiger partial charge in [0.1, 0.15) is 0 Å². The van der Waals surface area contributed by atoms with Crippen molar-refractivity contribution in [1.82, 2.24) is 10.6 Å². The van der Waals surface area contributed by atoms with Crippen molar-refractivity contribution in [2.45, 2.75) is 25.3 Å². The van der Waals surface area contributed by atoms with Gasteiger partial charge in [0.2, 0.25) is 0 Å². The molecule has 0 atom stereocenters. The van der Waals surface area contributed by atoms with E-state index in [9.17, 15) is 17.6 Å². The molecule has 0 radical (unpaired) electrons. The Hall–Kier alpha value is -1.14. The fourth-order valence-electron chi connectivity index (χ4n) is 1.67. The van der Waals surface area contributed by atoms with Crippen LogP contribution in [0.2, 0.25) is 0 Å². The number of benzene rings is 1. The first-order valence-corrected chi connectivity index (χ1v) is 6.05. The zero-order valence-corrected chi connectivity index (χ0v) is 10.7. The van der Waals surface area contributed by atoms with Crippen LogP contribution in [-0.2, 0) is 13.0 Å². The third-order valence-electron chi connectivity index (χ3n) is 2.76. The maximum atomic E-state index is 12.7. The van der Waals surface area contributed by atoms with Crippen LogP contribution in [0.3, 0.4) is 0 Å². The average molecular weight is 278 g/mol. The summed E-state index contributed by atoms with van der Waals surface area (Å²) in [6.07, 6.45) is -2.88. The van der Waals surface area contributed by atoms with E-state index in [-0.39, 0.29) is 6.54 Å². The van der Waals surface area contributed by atoms with Crippen LogP contribution in [0.5, 0.6) is 0 Å². The molecule has 2 nitrogen and oxygen atoms in total. The maximum Gasteiger partial charge on any atom is 0.319 e. The van der Waals surface area contributed by atoms with Gasteiger partial charge in [-0.25, -0.2) is 8.78 Å². The standard InChI is InChI=1S/C13H18F4N2/c1-18-7-6-10-4-2-3-5-11(10)8-19-9-13(16,17)12(14)15/h2-5,12,18-19H,6-9H2,1H3. The first-order chi connectivity index (χ1) is 8.97. The number of hydrogen-bond acceptors (Lipinski definition) is 2. The van der Waals surface area contributed by atoms with E-state index in [2.05, 4.69) is 10.6 Å². The monoisotopic (exact) mass is 278 g/mol. The Morgan fingerprint density at radius 2 is 1.79 bits per heavy atom. The van der Waals surface area contributed by atoms with Gasteiger partial charge >= 0.3 is 12.3 Å². The number of halogens is 4. The number of rotatable bonds is 8. The molecule has 1 rings (SSSR count). The van der Waals surface area contributed by atoms with Gasteiger partial charge in [-0.05, 0) is 31.1 Å². The second-order valence-corrected chi connectivity index (χ2v) is 4.29. The molecule has 0 aliphatic carbocycles. The van der Waals surface area contributed by atoms with Gasteiger partial charge in [0.25, 0.3) is 0 Å². The zero-order chi connectivity index (χ0) is 14.3. The molecule has 0 amide bonds. The molecule has 108 valence electrons. The van der Waals surface area contributed by atoms with E-state index in [0.717, 1.165) is 24.1 Å². The van der Waals surface area contributed by atoms with Crippen molar-refractivity contribution < 1.29 is 17.6 Å². The molecule has 0 saturated heterocycles. The van der Waals surface area contributed by atoms with Crippen LogP contribution >= 0.6 is 0 Å². The SMILES string of the molecule is CNCCc1ccccc1CNCC(F)(F)C(F)F. The Kier molecular flexibility index (Phi) is 6.24. The lowest BCUT2D eigenvalue weighted by molar-refractivity contribution is -0.125. The second kappa shape index (κ2) is 7.45. The van der Waals surface area contributed by atoms with Crippen molar-refractivity contribution in [3.05, 3.63) is 35.4 Å². The number of nitrogens with one attached hydrogen (secondary N) is 2. The van der Waals surface area contributed by atoms with Gasteiger partial charge in [0, 0.05) is 6.54 Å². The van der Waals surface area contributed by atoms with E-state index < -0.39 is 18.9 Å². The lowest BCUT2D eigenvalue weighted by atomic mass is 10.0. The Morgan fingerprint density at radius 3 is 2.37 bits per heavy atom. The summed E-state index contributed by atoms with van der Waals surface area (Å²) in [6.45, 7) is -0.0998. The highest BCUT2D eigenvalue weighted by Crippen LogP contribution is 2.21. The van der Waals surface area contributed by atoms with Crippen molar-refractivity contribution in [2.24, 2.45) is 0 Å². The molecule has 0 aromatic heterocycles. The van der Waals surface area contributed by atoms with Crippen LogP contribution < -0.4 is 10.6 Å². The third kappa shape index (κ3) is 5.16. The molecular formula is C13H18F4N2. The third-order valence-corrected chi connectivity index (χ3v) is 2.76. The van der Waals surface area contributed by atoms with Crippen LogP contribution in [0, 0.1) is 0 Å². The Bertz CT molecular complexity index is 383. The van der Waals surface area contributed by atoms with Crippen LogP contribution in [0.4, 0.5) is 17.6 Å². The van der Waals surface area contributed by atoms with Crippen LogP contribution in [0.15, 0.2) is 24.3 Å². The minimum absolute atomic E-state index is 0.155. The topological polar surface area (TPSA) is 24.1 Å². The lowest BCUT2D eigenvalue weighted by Crippen LogP contribution is -2.38. The van der Waals surface area contributed by atoms with Crippen molar-refractivity contribution in [3.8, 4) is 0 Å². The molecular weight excluding hydrogens is 260 g/mol. The second-order valence-electron chi connectivity index (χ2n) is 4.29. The summed E-state index contributed by atoms with van der Waals surface area (Å²) < 4.78 is 49.4. The lowest BCUT2D eigenvalue weighted by Gasteiger charge is -2.16. The highest BCUT2D eigenvalue weighted by Gasteiger charge is 2.39. The minimum Gasteiger partial charge on any atom is -0.319 e. The van der Waals surface area contributed by atoms with E-state index in [0.29, 0.717) is 0 Å². The molecule has 0 saturated carbocycles. The summed E-state index contributed by atoms with van der Waals surface area (Å²) in [5, 5.41) is 5.39. The molecule has 6 heteroatoms. The van der Waals surface area contributed by atoms with Gasteiger partial charge in [-0.3, -0.25) is 0 Å². The number of alkyl halides is 4. The highest BCUT2D eigenvalue weighted by molar-refractivity contribution is 5.27. The summed E-state index contributed by atoms with van der Waals surface area (Å²) in [4.78, 5) is 0. The van der Waals surface area contributed by atoms with E-state index in [1.54, 1.807) is 12.1 Å². The predicted molar refractivity (Wildman–Crippen MR) is 66.7 cm³/mol. The van der Waals surface area contributed by atoms with Gasteiger partial charge in [0.05, 0.1) is 6.54 Å². The van der Waals surface area contributed by atoms with Crippen LogP contribution in [0.25, 0.3) is 0 Å². The maximum absolute atomic E-state index is 12.7. The summed E-state index contributed by atoms with van der Waals surface area (Å²) in [7, 11) is 1.82. The largest absolute Gasteiger partial charge is 0.319 e. The summed E-state index contributed by atoms with van der Waals surface area (Å²) in [6, 6.07) is 7.37. The highest BCUT2D eigenvalue weighted by atomic mass is 19.3. The Labute approximate surface area is 110 Å². The molecule has 0 aliphatic rings. The summed E-state index contributed by atoms with van der Waals surface area (Å²) in [5.74, 6) is -3.99. The van der Waals surface area contributed by atoms with Crippen molar-refractivity contribution >= 4 is 0 Å². The van der Waals surface area contributed by atoms with Gasteiger partial charge in [-0.2, -0.15) is 8.78 Å². The Morgan fingerprint density at radius 1 is 1.16 bits per heavy atom.